The second-order valence-corrected chi connectivity index (χ2v) is 5.87. The summed E-state index contributed by atoms with van der Waals surface area (Å²) in [5, 5.41) is 0. The van der Waals surface area contributed by atoms with Gasteiger partial charge in [0, 0.05) is 5.66 Å². The average molecular weight is 234 g/mol. The Hall–Kier alpha value is 0.190. The van der Waals surface area contributed by atoms with Gasteiger partial charge in [0.15, 0.2) is 8.03 Å². The van der Waals surface area contributed by atoms with Crippen LogP contribution in [0.1, 0.15) is 71.6 Å². The lowest BCUT2D eigenvalue weighted by molar-refractivity contribution is 0.466. The SMILES string of the molecule is CCCCCCCC(CCCC)[PH](=O)O. The van der Waals surface area contributed by atoms with Gasteiger partial charge < -0.3 is 4.89 Å². The average Bonchev–Trinajstić information content (AvgIpc) is 2.21. The van der Waals surface area contributed by atoms with Crippen molar-refractivity contribution in [1.82, 2.24) is 0 Å². The van der Waals surface area contributed by atoms with Crippen LogP contribution in [0.5, 0.6) is 0 Å². The van der Waals surface area contributed by atoms with E-state index < -0.39 is 8.03 Å². The molecule has 0 heterocycles. The molecule has 3 heteroatoms. The molecular weight excluding hydrogens is 207 g/mol. The Morgan fingerprint density at radius 2 is 1.47 bits per heavy atom. The molecule has 0 bridgehead atoms. The molecule has 0 saturated heterocycles. The maximum absolute atomic E-state index is 11.1. The van der Waals surface area contributed by atoms with Crippen molar-refractivity contribution in [2.45, 2.75) is 77.3 Å². The van der Waals surface area contributed by atoms with Crippen molar-refractivity contribution in [2.75, 3.05) is 0 Å². The summed E-state index contributed by atoms with van der Waals surface area (Å²) in [5.41, 5.74) is 0.0941. The predicted octanol–water partition coefficient (Wildman–Crippen LogP) is 4.37. The van der Waals surface area contributed by atoms with E-state index in [-0.39, 0.29) is 5.66 Å². The van der Waals surface area contributed by atoms with Gasteiger partial charge in [0.1, 0.15) is 0 Å². The Morgan fingerprint density at radius 3 is 2.00 bits per heavy atom. The molecule has 0 fully saturated rings. The van der Waals surface area contributed by atoms with Crippen LogP contribution in [0.15, 0.2) is 0 Å². The molecule has 1 N–H and O–H groups in total. The van der Waals surface area contributed by atoms with Gasteiger partial charge in [-0.25, -0.2) is 0 Å². The van der Waals surface area contributed by atoms with Gasteiger partial charge >= 0.3 is 0 Å². The van der Waals surface area contributed by atoms with Crippen molar-refractivity contribution in [3.05, 3.63) is 0 Å². The van der Waals surface area contributed by atoms with Crippen molar-refractivity contribution in [3.63, 3.8) is 0 Å². The van der Waals surface area contributed by atoms with Crippen molar-refractivity contribution < 1.29 is 9.46 Å². The normalized spacial score (nSPS) is 15.1. The molecule has 0 spiro atoms. The molecule has 0 saturated carbocycles. The van der Waals surface area contributed by atoms with E-state index in [0.29, 0.717) is 0 Å². The molecule has 0 aromatic heterocycles. The van der Waals surface area contributed by atoms with Gasteiger partial charge in [0.2, 0.25) is 0 Å². The van der Waals surface area contributed by atoms with E-state index in [1.54, 1.807) is 0 Å². The Bertz CT molecular complexity index is 160. The highest BCUT2D eigenvalue weighted by Gasteiger charge is 2.12. The standard InChI is InChI=1S/C12H27O2P/c1-3-5-7-8-9-11-12(15(13)14)10-6-4-2/h12,15H,3-11H2,1-2H3,(H,13,14). The van der Waals surface area contributed by atoms with E-state index in [4.69, 9.17) is 0 Å². The fourth-order valence-corrected chi connectivity index (χ4v) is 2.74. The topological polar surface area (TPSA) is 37.3 Å². The molecule has 0 aliphatic heterocycles. The fourth-order valence-electron chi connectivity index (χ4n) is 1.84. The summed E-state index contributed by atoms with van der Waals surface area (Å²) < 4.78 is 11.1. The lowest BCUT2D eigenvalue weighted by atomic mass is 10.1. The molecule has 2 nitrogen and oxygen atoms in total. The van der Waals surface area contributed by atoms with Crippen LogP contribution in [0.2, 0.25) is 0 Å². The minimum absolute atomic E-state index is 0.0941. The summed E-state index contributed by atoms with van der Waals surface area (Å²) in [5.74, 6) is 0. The molecule has 15 heavy (non-hydrogen) atoms. The highest BCUT2D eigenvalue weighted by Crippen LogP contribution is 2.31. The number of hydrogen-bond acceptors (Lipinski definition) is 1. The molecule has 0 aliphatic carbocycles. The molecule has 0 rings (SSSR count). The Morgan fingerprint density at radius 1 is 0.933 bits per heavy atom. The summed E-state index contributed by atoms with van der Waals surface area (Å²) in [6.45, 7) is 4.34. The third-order valence-corrected chi connectivity index (χ3v) is 4.19. The van der Waals surface area contributed by atoms with E-state index in [0.717, 1.165) is 32.1 Å². The monoisotopic (exact) mass is 234 g/mol. The Labute approximate surface area is 95.3 Å². The summed E-state index contributed by atoms with van der Waals surface area (Å²) >= 11 is 0. The number of unbranched alkanes of at least 4 members (excludes halogenated alkanes) is 5. The van der Waals surface area contributed by atoms with Crippen LogP contribution in [-0.2, 0) is 4.57 Å². The van der Waals surface area contributed by atoms with E-state index in [1.165, 1.54) is 25.7 Å². The van der Waals surface area contributed by atoms with Crippen LogP contribution >= 0.6 is 8.03 Å². The van der Waals surface area contributed by atoms with Crippen molar-refractivity contribution in [1.29, 1.82) is 0 Å². The summed E-state index contributed by atoms with van der Waals surface area (Å²) in [6, 6.07) is 0. The van der Waals surface area contributed by atoms with E-state index >= 15 is 0 Å². The van der Waals surface area contributed by atoms with Gasteiger partial charge in [0.05, 0.1) is 0 Å². The third-order valence-electron chi connectivity index (χ3n) is 2.91. The molecule has 0 aliphatic rings. The van der Waals surface area contributed by atoms with E-state index in [9.17, 15) is 9.46 Å². The molecule has 0 aromatic rings. The Kier molecular flexibility index (Phi) is 10.8. The molecule has 2 unspecified atom stereocenters. The van der Waals surface area contributed by atoms with Gasteiger partial charge in [-0.05, 0) is 12.8 Å². The van der Waals surface area contributed by atoms with Gasteiger partial charge in [-0.2, -0.15) is 0 Å². The van der Waals surface area contributed by atoms with Crippen LogP contribution in [-0.4, -0.2) is 10.6 Å². The lowest BCUT2D eigenvalue weighted by Crippen LogP contribution is -2.02. The van der Waals surface area contributed by atoms with Gasteiger partial charge in [-0.1, -0.05) is 58.8 Å². The molecule has 2 atom stereocenters. The van der Waals surface area contributed by atoms with Crippen LogP contribution in [0, 0.1) is 0 Å². The molecular formula is C12H27O2P. The lowest BCUT2D eigenvalue weighted by Gasteiger charge is -2.12. The van der Waals surface area contributed by atoms with Crippen LogP contribution < -0.4 is 0 Å². The summed E-state index contributed by atoms with van der Waals surface area (Å²) in [4.78, 5) is 9.19. The zero-order chi connectivity index (χ0) is 11.5. The largest absolute Gasteiger partial charge is 0.346 e. The maximum Gasteiger partial charge on any atom is 0.192 e. The zero-order valence-electron chi connectivity index (χ0n) is 10.3. The van der Waals surface area contributed by atoms with Gasteiger partial charge in [0.25, 0.3) is 0 Å². The quantitative estimate of drug-likeness (QED) is 0.450. The van der Waals surface area contributed by atoms with Crippen molar-refractivity contribution in [3.8, 4) is 0 Å². The predicted molar refractivity (Wildman–Crippen MR) is 67.9 cm³/mol. The van der Waals surface area contributed by atoms with Crippen molar-refractivity contribution >= 4 is 8.03 Å². The number of rotatable bonds is 10. The van der Waals surface area contributed by atoms with Crippen LogP contribution in [0.25, 0.3) is 0 Å². The van der Waals surface area contributed by atoms with E-state index in [2.05, 4.69) is 13.8 Å². The molecule has 0 amide bonds. The second-order valence-electron chi connectivity index (χ2n) is 4.38. The first-order valence-corrected chi connectivity index (χ1v) is 7.88. The van der Waals surface area contributed by atoms with Crippen LogP contribution in [0.4, 0.5) is 0 Å². The smallest absolute Gasteiger partial charge is 0.192 e. The van der Waals surface area contributed by atoms with Gasteiger partial charge in [-0.15, -0.1) is 0 Å². The number of hydrogen-bond donors (Lipinski definition) is 1. The van der Waals surface area contributed by atoms with Crippen LogP contribution in [0.3, 0.4) is 0 Å². The third kappa shape index (κ3) is 9.14. The first-order valence-electron chi connectivity index (χ1n) is 6.45. The molecule has 0 radical (unpaired) electrons. The fraction of sp³-hybridized carbons (Fsp3) is 1.00. The molecule has 92 valence electrons. The summed E-state index contributed by atoms with van der Waals surface area (Å²) in [6.07, 6.45) is 10.3. The minimum atomic E-state index is -2.29. The highest BCUT2D eigenvalue weighted by molar-refractivity contribution is 7.38. The second kappa shape index (κ2) is 10.7. The minimum Gasteiger partial charge on any atom is -0.346 e. The van der Waals surface area contributed by atoms with Crippen molar-refractivity contribution in [2.24, 2.45) is 0 Å². The maximum atomic E-state index is 11.1. The van der Waals surface area contributed by atoms with E-state index in [1.807, 2.05) is 0 Å². The van der Waals surface area contributed by atoms with Gasteiger partial charge in [-0.3, -0.25) is 4.57 Å². The first kappa shape index (κ1) is 15.2. The summed E-state index contributed by atoms with van der Waals surface area (Å²) in [7, 11) is -2.29. The Balaban J connectivity index is 3.53. The zero-order valence-corrected chi connectivity index (χ0v) is 11.3. The highest BCUT2D eigenvalue weighted by atomic mass is 31.1. The molecule has 0 aromatic carbocycles. The first-order chi connectivity index (χ1) is 7.22.